The smallest absolute Gasteiger partial charge is 0.257 e. The molecule has 3 aromatic rings. The van der Waals surface area contributed by atoms with Gasteiger partial charge in [0.1, 0.15) is 5.82 Å². The molecule has 1 fully saturated rings. The fourth-order valence-corrected chi connectivity index (χ4v) is 4.19. The first-order valence-corrected chi connectivity index (χ1v) is 8.90. The van der Waals surface area contributed by atoms with Crippen molar-refractivity contribution in [2.24, 2.45) is 5.73 Å². The number of nitrogens with one attached hydrogen (secondary N) is 1. The second-order valence-corrected chi connectivity index (χ2v) is 7.06. The van der Waals surface area contributed by atoms with Crippen LogP contribution in [0, 0.1) is 0 Å². The van der Waals surface area contributed by atoms with Crippen molar-refractivity contribution >= 4 is 22.6 Å². The highest BCUT2D eigenvalue weighted by Crippen LogP contribution is 2.39. The van der Waals surface area contributed by atoms with Crippen LogP contribution in [0.3, 0.4) is 0 Å². The van der Waals surface area contributed by atoms with Gasteiger partial charge in [-0.2, -0.15) is 0 Å². The maximum Gasteiger partial charge on any atom is 0.257 e. The van der Waals surface area contributed by atoms with Gasteiger partial charge >= 0.3 is 0 Å². The van der Waals surface area contributed by atoms with E-state index >= 15 is 0 Å². The van der Waals surface area contributed by atoms with Crippen molar-refractivity contribution in [3.63, 3.8) is 0 Å². The highest BCUT2D eigenvalue weighted by atomic mass is 16.1. The van der Waals surface area contributed by atoms with Crippen LogP contribution in [-0.4, -0.2) is 21.5 Å². The summed E-state index contributed by atoms with van der Waals surface area (Å²) in [5.74, 6) is 1.36. The highest BCUT2D eigenvalue weighted by molar-refractivity contribution is 6.14. The molecule has 0 saturated heterocycles. The second-order valence-electron chi connectivity index (χ2n) is 7.06. The monoisotopic (exact) mass is 332 g/mol. The van der Waals surface area contributed by atoms with E-state index in [-0.39, 0.29) is 5.91 Å². The first-order chi connectivity index (χ1) is 12.2. The van der Waals surface area contributed by atoms with Gasteiger partial charge in [-0.25, -0.2) is 4.98 Å². The zero-order valence-corrected chi connectivity index (χ0v) is 13.9. The zero-order valence-electron chi connectivity index (χ0n) is 13.9. The molecule has 1 saturated carbocycles. The number of anilines is 1. The van der Waals surface area contributed by atoms with Crippen LogP contribution in [0.4, 0.5) is 5.69 Å². The number of hydrogen-bond donors (Lipinski definition) is 2. The summed E-state index contributed by atoms with van der Waals surface area (Å²) in [6, 6.07) is 14.0. The molecule has 3 N–H and O–H groups in total. The number of carbonyl (C=O) groups excluding carboxylic acids is 1. The van der Waals surface area contributed by atoms with Gasteiger partial charge < -0.3 is 11.1 Å². The van der Waals surface area contributed by atoms with Crippen LogP contribution < -0.4 is 11.1 Å². The van der Waals surface area contributed by atoms with E-state index in [9.17, 15) is 4.79 Å². The van der Waals surface area contributed by atoms with Crippen LogP contribution in [0.5, 0.6) is 0 Å². The lowest BCUT2D eigenvalue weighted by Crippen LogP contribution is -2.26. The SMILES string of the molecule is N[C@H]1CC[C@@H](c2nc3cccc4c3n2-c2ccccc2NC4=O)CC1. The maximum absolute atomic E-state index is 12.7. The molecule has 0 bridgehead atoms. The summed E-state index contributed by atoms with van der Waals surface area (Å²) in [5, 5.41) is 3.05. The normalized spacial score (nSPS) is 22.4. The van der Waals surface area contributed by atoms with Crippen molar-refractivity contribution in [2.45, 2.75) is 37.6 Å². The number of aromatic nitrogens is 2. The van der Waals surface area contributed by atoms with Gasteiger partial charge in [-0.15, -0.1) is 0 Å². The van der Waals surface area contributed by atoms with Gasteiger partial charge in [-0.3, -0.25) is 9.36 Å². The molecule has 0 spiro atoms. The maximum atomic E-state index is 12.7. The average Bonchev–Trinajstić information content (AvgIpc) is 2.96. The fourth-order valence-electron chi connectivity index (χ4n) is 4.19. The third kappa shape index (κ3) is 2.19. The summed E-state index contributed by atoms with van der Waals surface area (Å²) in [7, 11) is 0. The quantitative estimate of drug-likeness (QED) is 0.715. The van der Waals surface area contributed by atoms with Crippen LogP contribution in [0.2, 0.25) is 0 Å². The molecule has 1 aliphatic heterocycles. The van der Waals surface area contributed by atoms with Crippen LogP contribution in [0.15, 0.2) is 42.5 Å². The summed E-state index contributed by atoms with van der Waals surface area (Å²) in [6.07, 6.45) is 4.14. The lowest BCUT2D eigenvalue weighted by Gasteiger charge is -2.26. The van der Waals surface area contributed by atoms with Crippen molar-refractivity contribution in [3.05, 3.63) is 53.9 Å². The van der Waals surface area contributed by atoms with E-state index in [0.29, 0.717) is 17.5 Å². The van der Waals surface area contributed by atoms with Crippen molar-refractivity contribution in [1.29, 1.82) is 0 Å². The summed E-state index contributed by atoms with van der Waals surface area (Å²) in [5.41, 5.74) is 10.4. The Morgan fingerprint density at radius 3 is 2.68 bits per heavy atom. The Hall–Kier alpha value is -2.66. The first kappa shape index (κ1) is 14.7. The minimum Gasteiger partial charge on any atom is -0.328 e. The number of imidazole rings is 1. The number of carbonyl (C=O) groups is 1. The van der Waals surface area contributed by atoms with Crippen molar-refractivity contribution in [3.8, 4) is 5.69 Å². The molecule has 0 atom stereocenters. The Labute approximate surface area is 145 Å². The molecule has 25 heavy (non-hydrogen) atoms. The molecule has 0 radical (unpaired) electrons. The van der Waals surface area contributed by atoms with Crippen LogP contribution >= 0.6 is 0 Å². The Balaban J connectivity index is 1.80. The highest BCUT2D eigenvalue weighted by Gasteiger charge is 2.30. The lowest BCUT2D eigenvalue weighted by molar-refractivity contribution is 0.102. The standard InChI is InChI=1S/C20H20N4O/c21-13-10-8-12(9-11-13)19-22-16-6-3-4-14-18(16)24(19)17-7-2-1-5-15(17)23-20(14)25/h1-7,12-13H,8-11,21H2,(H,23,25)/t12-,13+. The van der Waals surface area contributed by atoms with E-state index in [1.165, 1.54) is 0 Å². The number of nitrogens with zero attached hydrogens (tertiary/aromatic N) is 2. The molecule has 5 rings (SSSR count). The van der Waals surface area contributed by atoms with Gasteiger partial charge in [0, 0.05) is 12.0 Å². The number of nitrogens with two attached hydrogens (primary N) is 1. The molecule has 5 nitrogen and oxygen atoms in total. The lowest BCUT2D eigenvalue weighted by atomic mass is 9.86. The van der Waals surface area contributed by atoms with E-state index in [1.807, 2.05) is 36.4 Å². The zero-order chi connectivity index (χ0) is 17.0. The van der Waals surface area contributed by atoms with Gasteiger partial charge in [0.15, 0.2) is 0 Å². The number of fused-ring (bicyclic) bond motifs is 2. The van der Waals surface area contributed by atoms with Gasteiger partial charge in [0.05, 0.1) is 28.0 Å². The van der Waals surface area contributed by atoms with Crippen molar-refractivity contribution in [2.75, 3.05) is 5.32 Å². The Morgan fingerprint density at radius 1 is 1.04 bits per heavy atom. The third-order valence-corrected chi connectivity index (χ3v) is 5.48. The summed E-state index contributed by atoms with van der Waals surface area (Å²) >= 11 is 0. The van der Waals surface area contributed by atoms with Crippen molar-refractivity contribution < 1.29 is 4.79 Å². The molecule has 126 valence electrons. The fraction of sp³-hybridized carbons (Fsp3) is 0.300. The summed E-state index contributed by atoms with van der Waals surface area (Å²) in [4.78, 5) is 17.7. The molecule has 2 aromatic carbocycles. The van der Waals surface area contributed by atoms with Gasteiger partial charge in [0.2, 0.25) is 0 Å². The Morgan fingerprint density at radius 2 is 1.84 bits per heavy atom. The number of benzene rings is 2. The van der Waals surface area contributed by atoms with Gasteiger partial charge in [-0.05, 0) is 49.9 Å². The van der Waals surface area contributed by atoms with Gasteiger partial charge in [-0.1, -0.05) is 18.2 Å². The molecular formula is C20H20N4O. The second kappa shape index (κ2) is 5.43. The van der Waals surface area contributed by atoms with E-state index < -0.39 is 0 Å². The Bertz CT molecular complexity index is 983. The number of amides is 1. The number of hydrogen-bond acceptors (Lipinski definition) is 3. The molecular weight excluding hydrogens is 312 g/mol. The van der Waals surface area contributed by atoms with Crippen LogP contribution in [-0.2, 0) is 0 Å². The number of rotatable bonds is 1. The number of para-hydroxylation sites is 3. The van der Waals surface area contributed by atoms with Crippen LogP contribution in [0.1, 0.15) is 47.8 Å². The van der Waals surface area contributed by atoms with Crippen molar-refractivity contribution in [1.82, 2.24) is 9.55 Å². The Kier molecular flexibility index (Phi) is 3.18. The topological polar surface area (TPSA) is 72.9 Å². The van der Waals surface area contributed by atoms with E-state index in [4.69, 9.17) is 10.7 Å². The third-order valence-electron chi connectivity index (χ3n) is 5.48. The minimum absolute atomic E-state index is 0.0751. The summed E-state index contributed by atoms with van der Waals surface area (Å²) < 4.78 is 2.19. The molecule has 1 aliphatic carbocycles. The first-order valence-electron chi connectivity index (χ1n) is 8.90. The predicted molar refractivity (Wildman–Crippen MR) is 98.2 cm³/mol. The van der Waals surface area contributed by atoms with E-state index in [2.05, 4.69) is 16.0 Å². The molecule has 2 aliphatic rings. The molecule has 0 unspecified atom stereocenters. The van der Waals surface area contributed by atoms with Crippen LogP contribution in [0.25, 0.3) is 16.7 Å². The average molecular weight is 332 g/mol. The van der Waals surface area contributed by atoms with E-state index in [0.717, 1.165) is 53.9 Å². The molecule has 1 amide bonds. The van der Waals surface area contributed by atoms with Gasteiger partial charge in [0.25, 0.3) is 5.91 Å². The molecule has 5 heteroatoms. The molecule has 1 aromatic heterocycles. The predicted octanol–water partition coefficient (Wildman–Crippen LogP) is 3.58. The minimum atomic E-state index is -0.0751. The van der Waals surface area contributed by atoms with E-state index in [1.54, 1.807) is 0 Å². The largest absolute Gasteiger partial charge is 0.328 e. The summed E-state index contributed by atoms with van der Waals surface area (Å²) in [6.45, 7) is 0. The molecule has 2 heterocycles.